The second-order valence-corrected chi connectivity index (χ2v) is 4.72. The van der Waals surface area contributed by atoms with Crippen LogP contribution in [0.15, 0.2) is 42.9 Å². The molecule has 0 spiro atoms. The van der Waals surface area contributed by atoms with E-state index in [2.05, 4.69) is 20.7 Å². The average molecular weight is 273 g/mol. The lowest BCUT2D eigenvalue weighted by Gasteiger charge is -2.18. The van der Waals surface area contributed by atoms with E-state index in [9.17, 15) is 4.79 Å². The van der Waals surface area contributed by atoms with Crippen molar-refractivity contribution >= 4 is 6.03 Å². The lowest BCUT2D eigenvalue weighted by Crippen LogP contribution is -2.43. The predicted octanol–water partition coefficient (Wildman–Crippen LogP) is 1.73. The lowest BCUT2D eigenvalue weighted by molar-refractivity contribution is 0.233. The van der Waals surface area contributed by atoms with Crippen LogP contribution in [0.5, 0.6) is 0 Å². The smallest absolute Gasteiger partial charge is 0.315 e. The minimum absolute atomic E-state index is 0.00849. The lowest BCUT2D eigenvalue weighted by atomic mass is 10.2. The van der Waals surface area contributed by atoms with Gasteiger partial charge in [-0.1, -0.05) is 6.07 Å². The number of hydrogen-bond donors (Lipinski definition) is 2. The van der Waals surface area contributed by atoms with Crippen LogP contribution in [0.3, 0.4) is 0 Å². The van der Waals surface area contributed by atoms with Gasteiger partial charge in [-0.05, 0) is 32.0 Å². The second kappa shape index (κ2) is 6.70. The number of urea groups is 1. The number of nitrogens with one attached hydrogen (secondary N) is 2. The Hall–Kier alpha value is -2.37. The molecule has 2 N–H and O–H groups in total. The third kappa shape index (κ3) is 4.08. The molecule has 2 aromatic heterocycles. The monoisotopic (exact) mass is 273 g/mol. The minimum Gasteiger partial charge on any atom is -0.334 e. The maximum absolute atomic E-state index is 11.9. The standard InChI is InChI=1S/C14H19N5O/c1-11(10-19-9-5-8-16-19)17-14(20)18-12(2)13-6-3-4-7-15-13/h3-9,11-12H,10H2,1-2H3,(H2,17,18,20)/t11-,12+/m1/s1. The molecule has 20 heavy (non-hydrogen) atoms. The minimum atomic E-state index is -0.206. The molecule has 0 saturated carbocycles. The first-order valence-corrected chi connectivity index (χ1v) is 6.60. The summed E-state index contributed by atoms with van der Waals surface area (Å²) in [4.78, 5) is 16.1. The molecule has 0 aliphatic rings. The zero-order valence-corrected chi connectivity index (χ0v) is 11.7. The van der Waals surface area contributed by atoms with Crippen LogP contribution in [-0.4, -0.2) is 26.8 Å². The van der Waals surface area contributed by atoms with Crippen molar-refractivity contribution in [3.05, 3.63) is 48.5 Å². The molecule has 6 nitrogen and oxygen atoms in total. The van der Waals surface area contributed by atoms with E-state index < -0.39 is 0 Å². The summed E-state index contributed by atoms with van der Waals surface area (Å²) in [5.41, 5.74) is 0.836. The van der Waals surface area contributed by atoms with Gasteiger partial charge in [0, 0.05) is 24.6 Å². The fourth-order valence-corrected chi connectivity index (χ4v) is 1.90. The van der Waals surface area contributed by atoms with Crippen LogP contribution in [0, 0.1) is 0 Å². The van der Waals surface area contributed by atoms with Gasteiger partial charge in [0.1, 0.15) is 0 Å². The van der Waals surface area contributed by atoms with E-state index in [0.717, 1.165) is 5.69 Å². The summed E-state index contributed by atoms with van der Waals surface area (Å²) < 4.78 is 1.78. The van der Waals surface area contributed by atoms with E-state index in [4.69, 9.17) is 0 Å². The Labute approximate surface area is 118 Å². The molecule has 2 rings (SSSR count). The first-order chi connectivity index (χ1) is 9.65. The SMILES string of the molecule is C[C@H](Cn1cccn1)NC(=O)N[C@@H](C)c1ccccn1. The van der Waals surface area contributed by atoms with Crippen LogP contribution in [0.4, 0.5) is 4.79 Å². The first kappa shape index (κ1) is 14.0. The van der Waals surface area contributed by atoms with E-state index in [1.807, 2.05) is 44.3 Å². The van der Waals surface area contributed by atoms with E-state index in [-0.39, 0.29) is 18.1 Å². The van der Waals surface area contributed by atoms with Gasteiger partial charge < -0.3 is 10.6 Å². The van der Waals surface area contributed by atoms with Crippen LogP contribution >= 0.6 is 0 Å². The Balaban J connectivity index is 1.80. The van der Waals surface area contributed by atoms with Crippen molar-refractivity contribution in [2.45, 2.75) is 32.5 Å². The molecular formula is C14H19N5O. The van der Waals surface area contributed by atoms with Gasteiger partial charge in [-0.25, -0.2) is 4.79 Å². The van der Waals surface area contributed by atoms with Crippen LogP contribution in [0.1, 0.15) is 25.6 Å². The highest BCUT2D eigenvalue weighted by molar-refractivity contribution is 5.74. The van der Waals surface area contributed by atoms with Gasteiger partial charge in [0.05, 0.1) is 18.3 Å². The third-order valence-corrected chi connectivity index (χ3v) is 2.88. The van der Waals surface area contributed by atoms with E-state index in [1.54, 1.807) is 17.1 Å². The quantitative estimate of drug-likeness (QED) is 0.871. The fraction of sp³-hybridized carbons (Fsp3) is 0.357. The highest BCUT2D eigenvalue weighted by Gasteiger charge is 2.12. The summed E-state index contributed by atoms with van der Waals surface area (Å²) in [6, 6.07) is 7.15. The fourth-order valence-electron chi connectivity index (χ4n) is 1.90. The molecule has 0 radical (unpaired) electrons. The molecule has 0 aliphatic heterocycles. The van der Waals surface area contributed by atoms with Crippen molar-refractivity contribution in [1.82, 2.24) is 25.4 Å². The average Bonchev–Trinajstić information content (AvgIpc) is 2.92. The summed E-state index contributed by atoms with van der Waals surface area (Å²) in [5, 5.41) is 9.85. The highest BCUT2D eigenvalue weighted by Crippen LogP contribution is 2.07. The molecule has 6 heteroatoms. The van der Waals surface area contributed by atoms with Gasteiger partial charge >= 0.3 is 6.03 Å². The Morgan fingerprint density at radius 2 is 2.10 bits per heavy atom. The number of pyridine rings is 1. The molecule has 0 bridgehead atoms. The van der Waals surface area contributed by atoms with Crippen molar-refractivity contribution in [2.75, 3.05) is 0 Å². The number of carbonyl (C=O) groups is 1. The predicted molar refractivity (Wildman–Crippen MR) is 76.0 cm³/mol. The molecule has 106 valence electrons. The van der Waals surface area contributed by atoms with Gasteiger partial charge in [0.15, 0.2) is 0 Å². The van der Waals surface area contributed by atoms with Crippen molar-refractivity contribution in [1.29, 1.82) is 0 Å². The topological polar surface area (TPSA) is 71.8 Å². The highest BCUT2D eigenvalue weighted by atomic mass is 16.2. The summed E-state index contributed by atoms with van der Waals surface area (Å²) in [6.07, 6.45) is 5.30. The molecule has 0 aromatic carbocycles. The van der Waals surface area contributed by atoms with Gasteiger partial charge in [0.25, 0.3) is 0 Å². The Kier molecular flexibility index (Phi) is 4.70. The molecule has 0 unspecified atom stereocenters. The zero-order valence-electron chi connectivity index (χ0n) is 11.7. The maximum atomic E-state index is 11.9. The van der Waals surface area contributed by atoms with Crippen molar-refractivity contribution in [2.24, 2.45) is 0 Å². The number of hydrogen-bond acceptors (Lipinski definition) is 3. The Bertz CT molecular complexity index is 526. The van der Waals surface area contributed by atoms with Crippen LogP contribution in [-0.2, 0) is 6.54 Å². The molecule has 2 atom stereocenters. The largest absolute Gasteiger partial charge is 0.334 e. The normalized spacial score (nSPS) is 13.5. The summed E-state index contributed by atoms with van der Waals surface area (Å²) in [6.45, 7) is 4.48. The molecule has 2 amide bonds. The molecule has 0 fully saturated rings. The van der Waals surface area contributed by atoms with Gasteiger partial charge in [-0.3, -0.25) is 9.67 Å². The van der Waals surface area contributed by atoms with E-state index in [1.165, 1.54) is 0 Å². The van der Waals surface area contributed by atoms with E-state index in [0.29, 0.717) is 6.54 Å². The number of rotatable bonds is 5. The number of carbonyl (C=O) groups excluding carboxylic acids is 1. The second-order valence-electron chi connectivity index (χ2n) is 4.72. The molecular weight excluding hydrogens is 254 g/mol. The van der Waals surface area contributed by atoms with Crippen molar-refractivity contribution in [3.63, 3.8) is 0 Å². The summed E-state index contributed by atoms with van der Waals surface area (Å²) >= 11 is 0. The maximum Gasteiger partial charge on any atom is 0.315 e. The number of nitrogens with zero attached hydrogens (tertiary/aromatic N) is 3. The first-order valence-electron chi connectivity index (χ1n) is 6.60. The van der Waals surface area contributed by atoms with Crippen molar-refractivity contribution < 1.29 is 4.79 Å². The molecule has 2 aromatic rings. The van der Waals surface area contributed by atoms with Gasteiger partial charge in [-0.15, -0.1) is 0 Å². The third-order valence-electron chi connectivity index (χ3n) is 2.88. The molecule has 0 saturated heterocycles. The summed E-state index contributed by atoms with van der Waals surface area (Å²) in [7, 11) is 0. The van der Waals surface area contributed by atoms with Crippen molar-refractivity contribution in [3.8, 4) is 0 Å². The molecule has 2 heterocycles. The number of aromatic nitrogens is 3. The molecule has 0 aliphatic carbocycles. The van der Waals surface area contributed by atoms with Crippen LogP contribution in [0.25, 0.3) is 0 Å². The van der Waals surface area contributed by atoms with Crippen LogP contribution < -0.4 is 10.6 Å². The van der Waals surface area contributed by atoms with Gasteiger partial charge in [-0.2, -0.15) is 5.10 Å². The van der Waals surface area contributed by atoms with Crippen LogP contribution in [0.2, 0.25) is 0 Å². The van der Waals surface area contributed by atoms with E-state index >= 15 is 0 Å². The Morgan fingerprint density at radius 1 is 1.25 bits per heavy atom. The number of amides is 2. The Morgan fingerprint density at radius 3 is 2.75 bits per heavy atom. The van der Waals surface area contributed by atoms with Gasteiger partial charge in [0.2, 0.25) is 0 Å². The summed E-state index contributed by atoms with van der Waals surface area (Å²) in [5.74, 6) is 0. The zero-order chi connectivity index (χ0) is 14.4.